The van der Waals surface area contributed by atoms with E-state index in [0.29, 0.717) is 24.6 Å². The van der Waals surface area contributed by atoms with E-state index in [1.54, 1.807) is 0 Å². The molecule has 1 aliphatic rings. The fourth-order valence-electron chi connectivity index (χ4n) is 3.66. The van der Waals surface area contributed by atoms with Crippen LogP contribution in [0.15, 0.2) is 4.52 Å². The predicted octanol–water partition coefficient (Wildman–Crippen LogP) is 3.23. The Kier molecular flexibility index (Phi) is 5.44. The molecule has 7 nitrogen and oxygen atoms in total. The summed E-state index contributed by atoms with van der Waals surface area (Å²) in [7, 11) is 1.94. The van der Waals surface area contributed by atoms with E-state index in [-0.39, 0.29) is 17.9 Å². The minimum Gasteiger partial charge on any atom is -0.337 e. The van der Waals surface area contributed by atoms with Gasteiger partial charge in [-0.05, 0) is 45.1 Å². The van der Waals surface area contributed by atoms with E-state index in [0.717, 1.165) is 37.2 Å². The van der Waals surface area contributed by atoms with Gasteiger partial charge in [0.15, 0.2) is 5.82 Å². The Bertz CT molecular complexity index is 777. The molecular weight excluding hydrogens is 330 g/mol. The maximum absolute atomic E-state index is 12.9. The van der Waals surface area contributed by atoms with E-state index in [2.05, 4.69) is 22.2 Å². The molecule has 3 heterocycles. The summed E-state index contributed by atoms with van der Waals surface area (Å²) in [6, 6.07) is -0.0904. The van der Waals surface area contributed by atoms with Gasteiger partial charge in [-0.2, -0.15) is 10.1 Å². The van der Waals surface area contributed by atoms with Crippen LogP contribution in [0.2, 0.25) is 0 Å². The molecule has 0 aromatic carbocycles. The molecule has 1 atom stereocenters. The van der Waals surface area contributed by atoms with Crippen molar-refractivity contribution < 1.29 is 9.32 Å². The smallest absolute Gasteiger partial charge is 0.249 e. The zero-order valence-corrected chi connectivity index (χ0v) is 16.4. The Labute approximate surface area is 154 Å². The van der Waals surface area contributed by atoms with Crippen LogP contribution in [0, 0.1) is 13.8 Å². The van der Waals surface area contributed by atoms with Gasteiger partial charge in [0.2, 0.25) is 11.8 Å². The number of likely N-dealkylation sites (tertiary alicyclic amines) is 1. The third-order valence-electron chi connectivity index (χ3n) is 5.33. The van der Waals surface area contributed by atoms with Crippen LogP contribution < -0.4 is 0 Å². The predicted molar refractivity (Wildman–Crippen MR) is 97.7 cm³/mol. The summed E-state index contributed by atoms with van der Waals surface area (Å²) in [5, 5.41) is 8.51. The van der Waals surface area contributed by atoms with Crippen molar-refractivity contribution in [2.45, 2.75) is 71.8 Å². The molecule has 0 N–H and O–H groups in total. The molecule has 2 aromatic heterocycles. The van der Waals surface area contributed by atoms with Crippen LogP contribution in [0.3, 0.4) is 0 Å². The summed E-state index contributed by atoms with van der Waals surface area (Å²) in [5.74, 6) is 1.66. The number of nitrogens with zero attached hydrogens (tertiary/aromatic N) is 5. The lowest BCUT2D eigenvalue weighted by molar-refractivity contribution is -0.135. The van der Waals surface area contributed by atoms with Gasteiger partial charge in [-0.3, -0.25) is 9.48 Å². The highest BCUT2D eigenvalue weighted by Gasteiger charge is 2.32. The molecule has 0 radical (unpaired) electrons. The van der Waals surface area contributed by atoms with E-state index in [4.69, 9.17) is 4.52 Å². The Morgan fingerprint density at radius 2 is 2.08 bits per heavy atom. The van der Waals surface area contributed by atoms with E-state index < -0.39 is 0 Å². The molecule has 1 saturated heterocycles. The minimum atomic E-state index is -0.0904. The van der Waals surface area contributed by atoms with Gasteiger partial charge in [0.25, 0.3) is 0 Å². The first-order valence-corrected chi connectivity index (χ1v) is 9.50. The topological polar surface area (TPSA) is 77.1 Å². The second kappa shape index (κ2) is 7.60. The zero-order valence-electron chi connectivity index (χ0n) is 16.4. The van der Waals surface area contributed by atoms with Crippen LogP contribution >= 0.6 is 0 Å². The monoisotopic (exact) mass is 359 g/mol. The van der Waals surface area contributed by atoms with Crippen molar-refractivity contribution in [3.05, 3.63) is 28.7 Å². The van der Waals surface area contributed by atoms with Crippen LogP contribution in [-0.2, 0) is 18.3 Å². The second-order valence-electron chi connectivity index (χ2n) is 7.52. The molecule has 0 aliphatic carbocycles. The number of amides is 1. The number of carbonyl (C=O) groups is 1. The standard InChI is InChI=1S/C19H29N5O2/c1-12(2)18-20-19(26-22-18)16-8-6-7-11-24(16)17(25)10-9-15-13(3)21-23(5)14(15)4/h12,16H,6-11H2,1-5H3/t16-/m0/s1. The molecule has 0 saturated carbocycles. The second-order valence-corrected chi connectivity index (χ2v) is 7.52. The van der Waals surface area contributed by atoms with Gasteiger partial charge in [-0.15, -0.1) is 0 Å². The van der Waals surface area contributed by atoms with Gasteiger partial charge in [0.1, 0.15) is 6.04 Å². The SMILES string of the molecule is Cc1nn(C)c(C)c1CCC(=O)N1CCCC[C@H]1c1nc(C(C)C)no1. The van der Waals surface area contributed by atoms with Crippen molar-refractivity contribution in [1.29, 1.82) is 0 Å². The van der Waals surface area contributed by atoms with Gasteiger partial charge in [0, 0.05) is 31.6 Å². The number of aromatic nitrogens is 4. The largest absolute Gasteiger partial charge is 0.337 e. The summed E-state index contributed by atoms with van der Waals surface area (Å²) in [6.07, 6.45) is 4.19. The molecule has 142 valence electrons. The van der Waals surface area contributed by atoms with Crippen molar-refractivity contribution >= 4 is 5.91 Å². The molecule has 0 bridgehead atoms. The van der Waals surface area contributed by atoms with Crippen molar-refractivity contribution in [2.24, 2.45) is 7.05 Å². The van der Waals surface area contributed by atoms with Gasteiger partial charge in [-0.1, -0.05) is 19.0 Å². The molecular formula is C19H29N5O2. The quantitative estimate of drug-likeness (QED) is 0.819. The van der Waals surface area contributed by atoms with Gasteiger partial charge >= 0.3 is 0 Å². The van der Waals surface area contributed by atoms with Crippen LogP contribution in [0.5, 0.6) is 0 Å². The van der Waals surface area contributed by atoms with Crippen LogP contribution in [-0.4, -0.2) is 37.3 Å². The number of hydrogen-bond donors (Lipinski definition) is 0. The summed E-state index contributed by atoms with van der Waals surface area (Å²) < 4.78 is 7.36. The molecule has 3 rings (SSSR count). The number of piperidine rings is 1. The Morgan fingerprint density at radius 1 is 1.31 bits per heavy atom. The minimum absolute atomic E-state index is 0.0904. The number of aryl methyl sites for hydroxylation is 2. The Morgan fingerprint density at radius 3 is 2.69 bits per heavy atom. The van der Waals surface area contributed by atoms with Crippen LogP contribution in [0.25, 0.3) is 0 Å². The first kappa shape index (κ1) is 18.6. The number of hydrogen-bond acceptors (Lipinski definition) is 5. The zero-order chi connectivity index (χ0) is 18.8. The first-order chi connectivity index (χ1) is 12.4. The summed E-state index contributed by atoms with van der Waals surface area (Å²) in [5.41, 5.74) is 3.31. The average Bonchev–Trinajstić information content (AvgIpc) is 3.19. The lowest BCUT2D eigenvalue weighted by Crippen LogP contribution is -2.38. The Balaban J connectivity index is 1.71. The third kappa shape index (κ3) is 3.66. The van der Waals surface area contributed by atoms with Crippen molar-refractivity contribution in [2.75, 3.05) is 6.54 Å². The van der Waals surface area contributed by atoms with E-state index in [1.165, 1.54) is 5.56 Å². The highest BCUT2D eigenvalue weighted by atomic mass is 16.5. The van der Waals surface area contributed by atoms with Crippen molar-refractivity contribution in [3.63, 3.8) is 0 Å². The third-order valence-corrected chi connectivity index (χ3v) is 5.33. The maximum atomic E-state index is 12.9. The number of rotatable bonds is 5. The lowest BCUT2D eigenvalue weighted by Gasteiger charge is -2.33. The molecule has 26 heavy (non-hydrogen) atoms. The maximum Gasteiger partial charge on any atom is 0.249 e. The lowest BCUT2D eigenvalue weighted by atomic mass is 10.00. The average molecular weight is 359 g/mol. The molecule has 0 unspecified atom stereocenters. The molecule has 2 aromatic rings. The summed E-state index contributed by atoms with van der Waals surface area (Å²) in [4.78, 5) is 19.4. The Hall–Kier alpha value is -2.18. The summed E-state index contributed by atoms with van der Waals surface area (Å²) >= 11 is 0. The van der Waals surface area contributed by atoms with Crippen molar-refractivity contribution in [1.82, 2.24) is 24.8 Å². The van der Waals surface area contributed by atoms with E-state index in [9.17, 15) is 4.79 Å². The molecule has 0 spiro atoms. The van der Waals surface area contributed by atoms with Crippen LogP contribution in [0.4, 0.5) is 0 Å². The van der Waals surface area contributed by atoms with Crippen molar-refractivity contribution in [3.8, 4) is 0 Å². The van der Waals surface area contributed by atoms with E-state index in [1.807, 2.05) is 37.4 Å². The number of carbonyl (C=O) groups excluding carboxylic acids is 1. The summed E-state index contributed by atoms with van der Waals surface area (Å²) in [6.45, 7) is 8.89. The first-order valence-electron chi connectivity index (χ1n) is 9.50. The van der Waals surface area contributed by atoms with Gasteiger partial charge in [-0.25, -0.2) is 0 Å². The highest BCUT2D eigenvalue weighted by Crippen LogP contribution is 2.31. The molecule has 7 heteroatoms. The normalized spacial score (nSPS) is 17.9. The van der Waals surface area contributed by atoms with Gasteiger partial charge in [0.05, 0.1) is 5.69 Å². The highest BCUT2D eigenvalue weighted by molar-refractivity contribution is 5.77. The molecule has 1 fully saturated rings. The van der Waals surface area contributed by atoms with Gasteiger partial charge < -0.3 is 9.42 Å². The molecule has 1 aliphatic heterocycles. The van der Waals surface area contributed by atoms with Crippen LogP contribution in [0.1, 0.15) is 80.2 Å². The van der Waals surface area contributed by atoms with E-state index >= 15 is 0 Å². The fourth-order valence-corrected chi connectivity index (χ4v) is 3.66. The molecule has 1 amide bonds. The fraction of sp³-hybridized carbons (Fsp3) is 0.684.